The van der Waals surface area contributed by atoms with Crippen molar-refractivity contribution in [2.75, 3.05) is 0 Å². The van der Waals surface area contributed by atoms with E-state index in [1.807, 2.05) is 0 Å². The predicted octanol–water partition coefficient (Wildman–Crippen LogP) is 2.47. The highest BCUT2D eigenvalue weighted by Gasteiger charge is 2.44. The highest BCUT2D eigenvalue weighted by Crippen LogP contribution is 2.31. The van der Waals surface area contributed by atoms with Crippen LogP contribution in [-0.4, -0.2) is 32.5 Å². The van der Waals surface area contributed by atoms with Crippen molar-refractivity contribution in [2.45, 2.75) is 32.0 Å². The van der Waals surface area contributed by atoms with Crippen molar-refractivity contribution in [1.82, 2.24) is 15.1 Å². The molecule has 0 aliphatic heterocycles. The number of halogens is 3. The van der Waals surface area contributed by atoms with Gasteiger partial charge < -0.3 is 9.63 Å². The van der Waals surface area contributed by atoms with Crippen LogP contribution in [0.1, 0.15) is 24.3 Å². The van der Waals surface area contributed by atoms with Crippen LogP contribution in [0, 0.1) is 6.92 Å². The van der Waals surface area contributed by atoms with Gasteiger partial charge in [0.05, 0.1) is 5.92 Å². The Hall–Kier alpha value is -1.96. The van der Waals surface area contributed by atoms with Crippen LogP contribution >= 0.6 is 0 Å². The van der Waals surface area contributed by atoms with Gasteiger partial charge in [-0.3, -0.25) is 4.98 Å². The van der Waals surface area contributed by atoms with E-state index in [9.17, 15) is 18.3 Å². The summed E-state index contributed by atoms with van der Waals surface area (Å²) in [5.74, 6) is -1.43. The van der Waals surface area contributed by atoms with E-state index in [-0.39, 0.29) is 11.7 Å². The lowest BCUT2D eigenvalue weighted by Crippen LogP contribution is -2.33. The van der Waals surface area contributed by atoms with E-state index in [0.717, 1.165) is 5.56 Å². The third kappa shape index (κ3) is 2.79. The summed E-state index contributed by atoms with van der Waals surface area (Å²) < 4.78 is 42.1. The number of hydrogen-bond acceptors (Lipinski definition) is 5. The number of aromatic nitrogens is 3. The summed E-state index contributed by atoms with van der Waals surface area (Å²) in [6, 6.07) is 1.63. The highest BCUT2D eigenvalue weighted by molar-refractivity contribution is 5.57. The largest absolute Gasteiger partial charge is 0.415 e. The fraction of sp³-hybridized carbons (Fsp3) is 0.417. The fourth-order valence-electron chi connectivity index (χ4n) is 1.67. The van der Waals surface area contributed by atoms with Gasteiger partial charge in [0.25, 0.3) is 0 Å². The predicted molar refractivity (Wildman–Crippen MR) is 62.7 cm³/mol. The molecular formula is C12H12F3N3O2. The Morgan fingerprint density at radius 3 is 2.65 bits per heavy atom. The summed E-state index contributed by atoms with van der Waals surface area (Å²) in [6.45, 7) is 2.95. The third-order valence-corrected chi connectivity index (χ3v) is 2.90. The van der Waals surface area contributed by atoms with Gasteiger partial charge in [0.15, 0.2) is 6.10 Å². The quantitative estimate of drug-likeness (QED) is 0.938. The highest BCUT2D eigenvalue weighted by atomic mass is 19.4. The van der Waals surface area contributed by atoms with Crippen molar-refractivity contribution in [1.29, 1.82) is 0 Å². The van der Waals surface area contributed by atoms with E-state index >= 15 is 0 Å². The molecule has 0 aliphatic carbocycles. The number of hydrogen-bond donors (Lipinski definition) is 1. The minimum atomic E-state index is -4.74. The van der Waals surface area contributed by atoms with E-state index in [2.05, 4.69) is 15.1 Å². The molecule has 0 spiro atoms. The van der Waals surface area contributed by atoms with Gasteiger partial charge in [0.2, 0.25) is 11.7 Å². The SMILES string of the molecule is Cc1cnccc1-c1noc(C(C)C(O)C(F)(F)F)n1. The summed E-state index contributed by atoms with van der Waals surface area (Å²) in [6.07, 6.45) is -4.18. The minimum absolute atomic E-state index is 0.168. The molecule has 2 atom stereocenters. The van der Waals surface area contributed by atoms with E-state index in [4.69, 9.17) is 4.52 Å². The van der Waals surface area contributed by atoms with Crippen LogP contribution in [-0.2, 0) is 0 Å². The van der Waals surface area contributed by atoms with E-state index < -0.39 is 18.2 Å². The van der Waals surface area contributed by atoms with Crippen molar-refractivity contribution in [2.24, 2.45) is 0 Å². The first-order chi connectivity index (χ1) is 9.30. The lowest BCUT2D eigenvalue weighted by molar-refractivity contribution is -0.210. The molecule has 2 heterocycles. The Kier molecular flexibility index (Phi) is 3.76. The van der Waals surface area contributed by atoms with E-state index in [1.165, 1.54) is 13.1 Å². The number of aliphatic hydroxyl groups excluding tert-OH is 1. The molecule has 2 unspecified atom stereocenters. The molecule has 108 valence electrons. The van der Waals surface area contributed by atoms with Gasteiger partial charge in [0.1, 0.15) is 0 Å². The van der Waals surface area contributed by atoms with Gasteiger partial charge in [-0.2, -0.15) is 18.2 Å². The second-order valence-corrected chi connectivity index (χ2v) is 4.42. The van der Waals surface area contributed by atoms with Crippen LogP contribution in [0.5, 0.6) is 0 Å². The fourth-order valence-corrected chi connectivity index (χ4v) is 1.67. The van der Waals surface area contributed by atoms with Crippen molar-refractivity contribution in [3.63, 3.8) is 0 Å². The Morgan fingerprint density at radius 2 is 2.05 bits per heavy atom. The maximum Gasteiger partial charge on any atom is 0.415 e. The van der Waals surface area contributed by atoms with Crippen LogP contribution in [0.25, 0.3) is 11.4 Å². The summed E-state index contributed by atoms with van der Waals surface area (Å²) >= 11 is 0. The summed E-state index contributed by atoms with van der Waals surface area (Å²) in [7, 11) is 0. The van der Waals surface area contributed by atoms with Gasteiger partial charge in [-0.25, -0.2) is 0 Å². The summed E-state index contributed by atoms with van der Waals surface area (Å²) in [5.41, 5.74) is 1.38. The summed E-state index contributed by atoms with van der Waals surface area (Å²) in [4.78, 5) is 7.81. The molecule has 2 aromatic heterocycles. The van der Waals surface area contributed by atoms with Crippen LogP contribution in [0.15, 0.2) is 23.0 Å². The molecule has 0 amide bonds. The standard InChI is InChI=1S/C12H12F3N3O2/c1-6-5-16-4-3-8(6)10-17-11(20-18-10)7(2)9(19)12(13,14)15/h3-5,7,9,19H,1-2H3. The maximum absolute atomic E-state index is 12.4. The number of rotatable bonds is 3. The molecule has 1 N–H and O–H groups in total. The van der Waals surface area contributed by atoms with Crippen molar-refractivity contribution < 1.29 is 22.8 Å². The number of nitrogens with zero attached hydrogens (tertiary/aromatic N) is 3. The van der Waals surface area contributed by atoms with Crippen molar-refractivity contribution in [3.8, 4) is 11.4 Å². The number of alkyl halides is 3. The first kappa shape index (κ1) is 14.4. The monoisotopic (exact) mass is 287 g/mol. The molecule has 20 heavy (non-hydrogen) atoms. The molecular weight excluding hydrogens is 275 g/mol. The zero-order valence-electron chi connectivity index (χ0n) is 10.7. The average molecular weight is 287 g/mol. The zero-order chi connectivity index (χ0) is 14.9. The first-order valence-electron chi connectivity index (χ1n) is 5.80. The normalized spacial score (nSPS) is 15.1. The van der Waals surface area contributed by atoms with Gasteiger partial charge >= 0.3 is 6.18 Å². The molecule has 0 saturated carbocycles. The topological polar surface area (TPSA) is 72.0 Å². The molecule has 2 aromatic rings. The molecule has 0 fully saturated rings. The first-order valence-corrected chi connectivity index (χ1v) is 5.80. The van der Waals surface area contributed by atoms with Crippen LogP contribution in [0.2, 0.25) is 0 Å². The van der Waals surface area contributed by atoms with E-state index in [0.29, 0.717) is 5.56 Å². The molecule has 0 aliphatic rings. The Bertz CT molecular complexity index is 598. The lowest BCUT2D eigenvalue weighted by Gasteiger charge is -2.17. The third-order valence-electron chi connectivity index (χ3n) is 2.90. The Balaban J connectivity index is 2.28. The molecule has 8 heteroatoms. The van der Waals surface area contributed by atoms with Gasteiger partial charge in [0, 0.05) is 18.0 Å². The molecule has 2 rings (SSSR count). The second kappa shape index (κ2) is 5.20. The smallest absolute Gasteiger partial charge is 0.383 e. The Labute approximate surface area is 112 Å². The molecule has 0 aromatic carbocycles. The average Bonchev–Trinajstić information content (AvgIpc) is 2.86. The molecule has 0 saturated heterocycles. The van der Waals surface area contributed by atoms with Crippen molar-refractivity contribution >= 4 is 0 Å². The Morgan fingerprint density at radius 1 is 1.35 bits per heavy atom. The van der Waals surface area contributed by atoms with Gasteiger partial charge in [-0.15, -0.1) is 0 Å². The molecule has 5 nitrogen and oxygen atoms in total. The minimum Gasteiger partial charge on any atom is -0.383 e. The van der Waals surface area contributed by atoms with E-state index in [1.54, 1.807) is 19.2 Å². The van der Waals surface area contributed by atoms with Gasteiger partial charge in [-0.05, 0) is 18.6 Å². The summed E-state index contributed by atoms with van der Waals surface area (Å²) in [5, 5.41) is 12.8. The zero-order valence-corrected chi connectivity index (χ0v) is 10.7. The van der Waals surface area contributed by atoms with Gasteiger partial charge in [-0.1, -0.05) is 12.1 Å². The maximum atomic E-state index is 12.4. The number of aryl methyl sites for hydroxylation is 1. The van der Waals surface area contributed by atoms with Crippen LogP contribution in [0.3, 0.4) is 0 Å². The van der Waals surface area contributed by atoms with Crippen molar-refractivity contribution in [3.05, 3.63) is 29.9 Å². The number of aliphatic hydroxyl groups is 1. The molecule has 0 radical (unpaired) electrons. The van der Waals surface area contributed by atoms with Crippen LogP contribution < -0.4 is 0 Å². The molecule has 0 bridgehead atoms. The van der Waals surface area contributed by atoms with Crippen LogP contribution in [0.4, 0.5) is 13.2 Å². The lowest BCUT2D eigenvalue weighted by atomic mass is 10.0. The second-order valence-electron chi connectivity index (χ2n) is 4.42. The number of pyridine rings is 1.